The maximum atomic E-state index is 11.9. The number of ether oxygens (including phenoxy) is 2. The lowest BCUT2D eigenvalue weighted by Crippen LogP contribution is -2.31. The number of hydrogen-bond donors (Lipinski definition) is 1. The van der Waals surface area contributed by atoms with Crippen LogP contribution in [0.2, 0.25) is 0 Å². The van der Waals surface area contributed by atoms with Gasteiger partial charge in [-0.05, 0) is 42.7 Å². The Balaban J connectivity index is 1.72. The third-order valence-electron chi connectivity index (χ3n) is 3.48. The fourth-order valence-electron chi connectivity index (χ4n) is 2.17. The first-order valence-corrected chi connectivity index (χ1v) is 7.86. The van der Waals surface area contributed by atoms with E-state index in [1.807, 2.05) is 37.3 Å². The van der Waals surface area contributed by atoms with Crippen LogP contribution in [0.3, 0.4) is 0 Å². The van der Waals surface area contributed by atoms with Crippen LogP contribution in [-0.2, 0) is 4.79 Å². The summed E-state index contributed by atoms with van der Waals surface area (Å²) in [6.45, 7) is 5.25. The summed E-state index contributed by atoms with van der Waals surface area (Å²) in [4.78, 5) is 11.9. The number of nitrogens with one attached hydrogen (secondary N) is 1. The van der Waals surface area contributed by atoms with Crippen molar-refractivity contribution in [3.8, 4) is 11.5 Å². The van der Waals surface area contributed by atoms with Gasteiger partial charge in [0.15, 0.2) is 6.61 Å². The lowest BCUT2D eigenvalue weighted by Gasteiger charge is -2.13. The second-order valence-electron chi connectivity index (χ2n) is 5.31. The molecule has 1 amide bonds. The van der Waals surface area contributed by atoms with Gasteiger partial charge in [-0.2, -0.15) is 0 Å². The van der Waals surface area contributed by atoms with Gasteiger partial charge in [0.2, 0.25) is 0 Å². The highest BCUT2D eigenvalue weighted by molar-refractivity contribution is 5.77. The molecule has 4 heteroatoms. The molecule has 0 saturated heterocycles. The summed E-state index contributed by atoms with van der Waals surface area (Å²) in [5.41, 5.74) is 1.21. The van der Waals surface area contributed by atoms with Crippen LogP contribution in [0.5, 0.6) is 11.5 Å². The highest BCUT2D eigenvalue weighted by Gasteiger charge is 2.08. The fourth-order valence-corrected chi connectivity index (χ4v) is 2.17. The lowest BCUT2D eigenvalue weighted by atomic mass is 10.0. The van der Waals surface area contributed by atoms with Crippen molar-refractivity contribution in [2.24, 2.45) is 0 Å². The Kier molecular flexibility index (Phi) is 6.48. The molecule has 0 unspecified atom stereocenters. The van der Waals surface area contributed by atoms with Gasteiger partial charge in [-0.15, -0.1) is 0 Å². The number of hydrogen-bond acceptors (Lipinski definition) is 3. The first-order valence-electron chi connectivity index (χ1n) is 7.86. The molecule has 1 atom stereocenters. The van der Waals surface area contributed by atoms with Crippen LogP contribution in [-0.4, -0.2) is 25.7 Å². The van der Waals surface area contributed by atoms with E-state index in [-0.39, 0.29) is 18.4 Å². The summed E-state index contributed by atoms with van der Waals surface area (Å²) < 4.78 is 10.8. The number of carbonyl (C=O) groups excluding carboxylic acids is 1. The molecule has 0 heterocycles. The Bertz CT molecular complexity index is 596. The molecule has 4 nitrogen and oxygen atoms in total. The van der Waals surface area contributed by atoms with Gasteiger partial charge in [-0.1, -0.05) is 37.3 Å². The number of rotatable bonds is 8. The van der Waals surface area contributed by atoms with Crippen LogP contribution in [0.1, 0.15) is 25.3 Å². The monoisotopic (exact) mass is 313 g/mol. The van der Waals surface area contributed by atoms with Crippen LogP contribution in [0.15, 0.2) is 54.6 Å². The molecule has 2 aromatic carbocycles. The maximum absolute atomic E-state index is 11.9. The molecular weight excluding hydrogens is 290 g/mol. The molecule has 0 spiro atoms. The summed E-state index contributed by atoms with van der Waals surface area (Å²) in [6, 6.07) is 17.4. The molecule has 1 N–H and O–H groups in total. The molecule has 0 aromatic heterocycles. The lowest BCUT2D eigenvalue weighted by molar-refractivity contribution is -0.123. The highest BCUT2D eigenvalue weighted by atomic mass is 16.5. The summed E-state index contributed by atoms with van der Waals surface area (Å²) in [5.74, 6) is 1.59. The smallest absolute Gasteiger partial charge is 0.257 e. The van der Waals surface area contributed by atoms with Crippen LogP contribution >= 0.6 is 0 Å². The van der Waals surface area contributed by atoms with Gasteiger partial charge in [0.25, 0.3) is 5.91 Å². The van der Waals surface area contributed by atoms with Crippen molar-refractivity contribution in [2.45, 2.75) is 19.8 Å². The average molecular weight is 313 g/mol. The standard InChI is InChI=1S/C19H23NO3/c1-3-22-17-9-11-18(12-10-17)23-14-19(21)20-13-15(2)16-7-5-4-6-8-16/h4-12,15H,3,13-14H2,1-2H3,(H,20,21)/t15-/m1/s1. The van der Waals surface area contributed by atoms with E-state index in [4.69, 9.17) is 9.47 Å². The van der Waals surface area contributed by atoms with Crippen molar-refractivity contribution in [2.75, 3.05) is 19.8 Å². The van der Waals surface area contributed by atoms with Gasteiger partial charge in [-0.3, -0.25) is 4.79 Å². The quantitative estimate of drug-likeness (QED) is 0.812. The van der Waals surface area contributed by atoms with Gasteiger partial charge < -0.3 is 14.8 Å². The van der Waals surface area contributed by atoms with Crippen molar-refractivity contribution in [3.63, 3.8) is 0 Å². The summed E-state index contributed by atoms with van der Waals surface area (Å²) in [7, 11) is 0. The van der Waals surface area contributed by atoms with E-state index in [2.05, 4.69) is 24.4 Å². The van der Waals surface area contributed by atoms with E-state index in [9.17, 15) is 4.79 Å². The topological polar surface area (TPSA) is 47.6 Å². The minimum absolute atomic E-state index is 0.00942. The molecule has 23 heavy (non-hydrogen) atoms. The number of carbonyl (C=O) groups is 1. The molecule has 0 saturated carbocycles. The molecule has 0 fully saturated rings. The Labute approximate surface area is 137 Å². The van der Waals surface area contributed by atoms with Crippen molar-refractivity contribution < 1.29 is 14.3 Å². The van der Waals surface area contributed by atoms with Gasteiger partial charge in [-0.25, -0.2) is 0 Å². The van der Waals surface area contributed by atoms with Crippen LogP contribution < -0.4 is 14.8 Å². The number of benzene rings is 2. The van der Waals surface area contributed by atoms with Gasteiger partial charge in [0.1, 0.15) is 11.5 Å². The largest absolute Gasteiger partial charge is 0.494 e. The molecular formula is C19H23NO3. The first kappa shape index (κ1) is 16.9. The summed E-state index contributed by atoms with van der Waals surface area (Å²) >= 11 is 0. The predicted octanol–water partition coefficient (Wildman–Crippen LogP) is 3.38. The van der Waals surface area contributed by atoms with Crippen molar-refractivity contribution in [1.29, 1.82) is 0 Å². The first-order chi connectivity index (χ1) is 11.2. The van der Waals surface area contributed by atoms with Crippen LogP contribution in [0.25, 0.3) is 0 Å². The normalized spacial score (nSPS) is 11.6. The molecule has 0 aliphatic heterocycles. The average Bonchev–Trinajstić information content (AvgIpc) is 2.60. The van der Waals surface area contributed by atoms with Crippen LogP contribution in [0.4, 0.5) is 0 Å². The SMILES string of the molecule is CCOc1ccc(OCC(=O)NC[C@@H](C)c2ccccc2)cc1. The molecule has 2 rings (SSSR count). The second kappa shape index (κ2) is 8.83. The molecule has 122 valence electrons. The molecule has 0 aliphatic rings. The van der Waals surface area contributed by atoms with Crippen molar-refractivity contribution in [3.05, 3.63) is 60.2 Å². The van der Waals surface area contributed by atoms with E-state index in [0.717, 1.165) is 5.75 Å². The summed E-state index contributed by atoms with van der Waals surface area (Å²) in [6.07, 6.45) is 0. The number of amides is 1. The zero-order chi connectivity index (χ0) is 16.5. The predicted molar refractivity (Wildman–Crippen MR) is 91.0 cm³/mol. The Morgan fingerprint density at radius 1 is 1.00 bits per heavy atom. The molecule has 0 bridgehead atoms. The minimum atomic E-state index is -0.123. The molecule has 0 radical (unpaired) electrons. The van der Waals surface area contributed by atoms with E-state index in [1.54, 1.807) is 12.1 Å². The molecule has 0 aliphatic carbocycles. The van der Waals surface area contributed by atoms with E-state index in [0.29, 0.717) is 18.9 Å². The Morgan fingerprint density at radius 3 is 2.22 bits per heavy atom. The van der Waals surface area contributed by atoms with Gasteiger partial charge >= 0.3 is 0 Å². The highest BCUT2D eigenvalue weighted by Crippen LogP contribution is 2.17. The van der Waals surface area contributed by atoms with Crippen molar-refractivity contribution in [1.82, 2.24) is 5.32 Å². The van der Waals surface area contributed by atoms with Crippen LogP contribution in [0, 0.1) is 0 Å². The minimum Gasteiger partial charge on any atom is -0.494 e. The second-order valence-corrected chi connectivity index (χ2v) is 5.31. The fraction of sp³-hybridized carbons (Fsp3) is 0.316. The Morgan fingerprint density at radius 2 is 1.61 bits per heavy atom. The zero-order valence-electron chi connectivity index (χ0n) is 13.6. The zero-order valence-corrected chi connectivity index (χ0v) is 13.6. The van der Waals surface area contributed by atoms with Crippen molar-refractivity contribution >= 4 is 5.91 Å². The summed E-state index contributed by atoms with van der Waals surface area (Å²) in [5, 5.41) is 2.89. The Hall–Kier alpha value is -2.49. The van der Waals surface area contributed by atoms with Gasteiger partial charge in [0, 0.05) is 6.54 Å². The van der Waals surface area contributed by atoms with E-state index < -0.39 is 0 Å². The maximum Gasteiger partial charge on any atom is 0.257 e. The third-order valence-corrected chi connectivity index (χ3v) is 3.48. The van der Waals surface area contributed by atoms with E-state index >= 15 is 0 Å². The van der Waals surface area contributed by atoms with E-state index in [1.165, 1.54) is 5.56 Å². The van der Waals surface area contributed by atoms with Gasteiger partial charge in [0.05, 0.1) is 6.61 Å². The third kappa shape index (κ3) is 5.66. The molecule has 2 aromatic rings.